The van der Waals surface area contributed by atoms with Gasteiger partial charge in [-0.3, -0.25) is 14.5 Å². The number of hydrogen-bond donors (Lipinski definition) is 1. The second-order valence-electron chi connectivity index (χ2n) is 7.10. The molecule has 150 valence electrons. The van der Waals surface area contributed by atoms with Crippen LogP contribution in [0.2, 0.25) is 0 Å². The number of aryl methyl sites for hydroxylation is 2. The molecule has 1 aromatic heterocycles. The van der Waals surface area contributed by atoms with Crippen molar-refractivity contribution in [3.05, 3.63) is 47.7 Å². The van der Waals surface area contributed by atoms with Gasteiger partial charge in [0.1, 0.15) is 0 Å². The van der Waals surface area contributed by atoms with Crippen molar-refractivity contribution in [3.8, 4) is 0 Å². The summed E-state index contributed by atoms with van der Waals surface area (Å²) in [6.07, 6.45) is 2.04. The Morgan fingerprint density at radius 3 is 2.82 bits per heavy atom. The molecule has 0 saturated carbocycles. The zero-order chi connectivity index (χ0) is 19.9. The molecule has 0 aliphatic carbocycles. The first-order valence-electron chi connectivity index (χ1n) is 9.61. The van der Waals surface area contributed by atoms with Crippen LogP contribution in [0.3, 0.4) is 0 Å². The second-order valence-corrected chi connectivity index (χ2v) is 7.10. The lowest BCUT2D eigenvalue weighted by Crippen LogP contribution is -2.56. The third kappa shape index (κ3) is 5.39. The first-order chi connectivity index (χ1) is 13.5. The fourth-order valence-corrected chi connectivity index (χ4v) is 3.40. The minimum absolute atomic E-state index is 0.0821. The number of carbonyl (C=O) groups is 2. The van der Waals surface area contributed by atoms with Gasteiger partial charge in [0.25, 0.3) is 0 Å². The standard InChI is InChI=1S/C20H27N5O3/c1-15-22-23-18(28-15)14-24(2)19(26)13-17-20(27)21-10-12-25(17)11-6-9-16-7-4-3-5-8-16/h3-5,7-8,17H,6,9-14H2,1-2H3,(H,21,27). The zero-order valence-corrected chi connectivity index (χ0v) is 16.4. The molecule has 0 radical (unpaired) electrons. The van der Waals surface area contributed by atoms with Crippen LogP contribution in [-0.4, -0.2) is 64.5 Å². The Labute approximate surface area is 164 Å². The van der Waals surface area contributed by atoms with Gasteiger partial charge in [-0.1, -0.05) is 30.3 Å². The molecule has 0 bridgehead atoms. The number of amides is 2. The summed E-state index contributed by atoms with van der Waals surface area (Å²) in [5.41, 5.74) is 1.28. The molecule has 1 aromatic carbocycles. The maximum absolute atomic E-state index is 12.6. The molecule has 1 unspecified atom stereocenters. The van der Waals surface area contributed by atoms with Crippen LogP contribution in [-0.2, 0) is 22.6 Å². The van der Waals surface area contributed by atoms with Gasteiger partial charge in [0, 0.05) is 27.1 Å². The summed E-state index contributed by atoms with van der Waals surface area (Å²) in [7, 11) is 1.68. The average Bonchev–Trinajstić information content (AvgIpc) is 3.09. The molecular formula is C20H27N5O3. The monoisotopic (exact) mass is 385 g/mol. The zero-order valence-electron chi connectivity index (χ0n) is 16.4. The lowest BCUT2D eigenvalue weighted by Gasteiger charge is -2.35. The first-order valence-corrected chi connectivity index (χ1v) is 9.61. The van der Waals surface area contributed by atoms with Crippen molar-refractivity contribution in [3.63, 3.8) is 0 Å². The number of piperazine rings is 1. The third-order valence-electron chi connectivity index (χ3n) is 4.93. The third-order valence-corrected chi connectivity index (χ3v) is 4.93. The van der Waals surface area contributed by atoms with Gasteiger partial charge in [-0.2, -0.15) is 0 Å². The molecule has 2 amide bonds. The van der Waals surface area contributed by atoms with Crippen LogP contribution in [0, 0.1) is 6.92 Å². The molecule has 1 N–H and O–H groups in total. The Morgan fingerprint density at radius 1 is 1.32 bits per heavy atom. The van der Waals surface area contributed by atoms with Gasteiger partial charge >= 0.3 is 0 Å². The summed E-state index contributed by atoms with van der Waals surface area (Å²) < 4.78 is 5.33. The molecule has 0 spiro atoms. The molecule has 8 nitrogen and oxygen atoms in total. The molecule has 1 aliphatic rings. The highest BCUT2D eigenvalue weighted by molar-refractivity contribution is 5.88. The summed E-state index contributed by atoms with van der Waals surface area (Å²) in [4.78, 5) is 28.7. The molecule has 3 rings (SSSR count). The van der Waals surface area contributed by atoms with Crippen molar-refractivity contribution < 1.29 is 14.0 Å². The summed E-state index contributed by atoms with van der Waals surface area (Å²) in [5, 5.41) is 10.6. The lowest BCUT2D eigenvalue weighted by molar-refractivity contribution is -0.138. The Bertz CT molecular complexity index is 792. The number of nitrogens with one attached hydrogen (secondary N) is 1. The summed E-state index contributed by atoms with van der Waals surface area (Å²) in [6.45, 7) is 4.10. The smallest absolute Gasteiger partial charge is 0.237 e. The van der Waals surface area contributed by atoms with Crippen LogP contribution in [0.1, 0.15) is 30.2 Å². The number of nitrogens with zero attached hydrogens (tertiary/aromatic N) is 4. The molecule has 1 saturated heterocycles. The Morgan fingerprint density at radius 2 is 2.11 bits per heavy atom. The Kier molecular flexibility index (Phi) is 6.76. The van der Waals surface area contributed by atoms with Gasteiger partial charge in [0.15, 0.2) is 0 Å². The topological polar surface area (TPSA) is 91.6 Å². The highest BCUT2D eigenvalue weighted by Crippen LogP contribution is 2.13. The number of rotatable bonds is 8. The van der Waals surface area contributed by atoms with Gasteiger partial charge < -0.3 is 14.6 Å². The highest BCUT2D eigenvalue weighted by atomic mass is 16.4. The predicted octanol–water partition coefficient (Wildman–Crippen LogP) is 1.16. The van der Waals surface area contributed by atoms with Crippen molar-refractivity contribution in [2.45, 2.75) is 38.8 Å². The molecule has 1 fully saturated rings. The minimum Gasteiger partial charge on any atom is -0.424 e. The van der Waals surface area contributed by atoms with Crippen LogP contribution in [0.4, 0.5) is 0 Å². The van der Waals surface area contributed by atoms with E-state index in [1.165, 1.54) is 10.5 Å². The summed E-state index contributed by atoms with van der Waals surface area (Å²) >= 11 is 0. The van der Waals surface area contributed by atoms with Crippen molar-refractivity contribution >= 4 is 11.8 Å². The van der Waals surface area contributed by atoms with Gasteiger partial charge in [0.2, 0.25) is 23.6 Å². The number of benzene rings is 1. The van der Waals surface area contributed by atoms with E-state index >= 15 is 0 Å². The molecule has 1 aliphatic heterocycles. The SMILES string of the molecule is Cc1nnc(CN(C)C(=O)CC2C(=O)NCCN2CCCc2ccccc2)o1. The fraction of sp³-hybridized carbons (Fsp3) is 0.500. The predicted molar refractivity (Wildman–Crippen MR) is 103 cm³/mol. The first kappa shape index (κ1) is 20.0. The summed E-state index contributed by atoms with van der Waals surface area (Å²) in [5.74, 6) is 0.653. The molecule has 2 aromatic rings. The number of carbonyl (C=O) groups excluding carboxylic acids is 2. The van der Waals surface area contributed by atoms with Gasteiger partial charge in [0.05, 0.1) is 19.0 Å². The van der Waals surface area contributed by atoms with E-state index in [-0.39, 0.29) is 24.8 Å². The second kappa shape index (κ2) is 9.45. The normalized spacial score (nSPS) is 17.4. The largest absolute Gasteiger partial charge is 0.424 e. The van der Waals surface area contributed by atoms with E-state index < -0.39 is 6.04 Å². The summed E-state index contributed by atoms with van der Waals surface area (Å²) in [6, 6.07) is 9.85. The maximum Gasteiger partial charge on any atom is 0.237 e. The van der Waals surface area contributed by atoms with E-state index in [9.17, 15) is 9.59 Å². The lowest BCUT2D eigenvalue weighted by atomic mass is 10.1. The molecule has 28 heavy (non-hydrogen) atoms. The van der Waals surface area contributed by atoms with Gasteiger partial charge in [-0.15, -0.1) is 10.2 Å². The average molecular weight is 385 g/mol. The minimum atomic E-state index is -0.441. The number of hydrogen-bond acceptors (Lipinski definition) is 6. The van der Waals surface area contributed by atoms with Crippen LogP contribution in [0.25, 0.3) is 0 Å². The van der Waals surface area contributed by atoms with Crippen LogP contribution in [0.5, 0.6) is 0 Å². The van der Waals surface area contributed by atoms with Crippen LogP contribution in [0.15, 0.2) is 34.7 Å². The molecule has 2 heterocycles. The Balaban J connectivity index is 1.53. The van der Waals surface area contributed by atoms with Crippen LogP contribution >= 0.6 is 0 Å². The van der Waals surface area contributed by atoms with Crippen molar-refractivity contribution in [1.82, 2.24) is 25.3 Å². The van der Waals surface area contributed by atoms with E-state index in [0.717, 1.165) is 25.9 Å². The molecule has 1 atom stereocenters. The van der Waals surface area contributed by atoms with Gasteiger partial charge in [-0.05, 0) is 24.9 Å². The van der Waals surface area contributed by atoms with E-state index in [1.807, 2.05) is 18.2 Å². The Hall–Kier alpha value is -2.74. The van der Waals surface area contributed by atoms with Crippen molar-refractivity contribution in [2.24, 2.45) is 0 Å². The van der Waals surface area contributed by atoms with Crippen LogP contribution < -0.4 is 5.32 Å². The van der Waals surface area contributed by atoms with E-state index in [2.05, 4.69) is 32.5 Å². The van der Waals surface area contributed by atoms with E-state index in [1.54, 1.807) is 14.0 Å². The van der Waals surface area contributed by atoms with Crippen molar-refractivity contribution in [2.75, 3.05) is 26.7 Å². The fourth-order valence-electron chi connectivity index (χ4n) is 3.40. The molecular weight excluding hydrogens is 358 g/mol. The molecule has 8 heteroatoms. The van der Waals surface area contributed by atoms with Crippen molar-refractivity contribution in [1.29, 1.82) is 0 Å². The maximum atomic E-state index is 12.6. The van der Waals surface area contributed by atoms with E-state index in [4.69, 9.17) is 4.42 Å². The quantitative estimate of drug-likeness (QED) is 0.733. The highest BCUT2D eigenvalue weighted by Gasteiger charge is 2.32. The van der Waals surface area contributed by atoms with Gasteiger partial charge in [-0.25, -0.2) is 0 Å². The van der Waals surface area contributed by atoms with E-state index in [0.29, 0.717) is 18.3 Å². The number of aromatic nitrogens is 2.